The van der Waals surface area contributed by atoms with E-state index in [9.17, 15) is 9.90 Å². The number of rotatable bonds is 3. The molecule has 0 aliphatic heterocycles. The highest BCUT2D eigenvalue weighted by molar-refractivity contribution is 7.11. The van der Waals surface area contributed by atoms with Crippen LogP contribution in [0.15, 0.2) is 41.8 Å². The second-order valence-corrected chi connectivity index (χ2v) is 4.70. The van der Waals surface area contributed by atoms with Crippen LogP contribution >= 0.6 is 11.3 Å². The first-order valence-corrected chi connectivity index (χ1v) is 6.10. The van der Waals surface area contributed by atoms with Crippen LogP contribution in [0.2, 0.25) is 0 Å². The van der Waals surface area contributed by atoms with E-state index in [1.54, 1.807) is 6.08 Å². The molecule has 0 unspecified atom stereocenters. The van der Waals surface area contributed by atoms with Crippen molar-refractivity contribution in [3.8, 4) is 0 Å². The van der Waals surface area contributed by atoms with Gasteiger partial charge in [-0.3, -0.25) is 0 Å². The van der Waals surface area contributed by atoms with E-state index in [1.807, 2.05) is 48.7 Å². The molecule has 1 heterocycles. The van der Waals surface area contributed by atoms with Gasteiger partial charge in [-0.25, -0.2) is 4.79 Å². The SMILES string of the molecule is Cc1ccc(/C=C(\C(=O)O)c2cccs2)cc1. The lowest BCUT2D eigenvalue weighted by atomic mass is 10.1. The first-order chi connectivity index (χ1) is 8.16. The average Bonchev–Trinajstić information content (AvgIpc) is 2.81. The molecule has 2 rings (SSSR count). The van der Waals surface area contributed by atoms with Crippen molar-refractivity contribution in [1.82, 2.24) is 0 Å². The third kappa shape index (κ3) is 2.82. The molecule has 17 heavy (non-hydrogen) atoms. The molecule has 1 aromatic carbocycles. The maximum atomic E-state index is 11.2. The molecule has 2 aromatic rings. The van der Waals surface area contributed by atoms with Crippen molar-refractivity contribution < 1.29 is 9.90 Å². The lowest BCUT2D eigenvalue weighted by Crippen LogP contribution is -1.97. The van der Waals surface area contributed by atoms with Gasteiger partial charge in [0.1, 0.15) is 0 Å². The second kappa shape index (κ2) is 4.97. The maximum Gasteiger partial charge on any atom is 0.337 e. The van der Waals surface area contributed by atoms with Crippen LogP contribution in [-0.4, -0.2) is 11.1 Å². The van der Waals surface area contributed by atoms with E-state index in [4.69, 9.17) is 0 Å². The van der Waals surface area contributed by atoms with E-state index in [2.05, 4.69) is 0 Å². The highest BCUT2D eigenvalue weighted by Gasteiger charge is 2.10. The van der Waals surface area contributed by atoms with Crippen molar-refractivity contribution in [3.05, 3.63) is 57.8 Å². The van der Waals surface area contributed by atoms with Gasteiger partial charge in [-0.2, -0.15) is 0 Å². The van der Waals surface area contributed by atoms with Crippen LogP contribution in [-0.2, 0) is 4.79 Å². The van der Waals surface area contributed by atoms with E-state index in [0.717, 1.165) is 16.0 Å². The van der Waals surface area contributed by atoms with E-state index in [1.165, 1.54) is 11.3 Å². The molecular weight excluding hydrogens is 232 g/mol. The lowest BCUT2D eigenvalue weighted by Gasteiger charge is -2.00. The Morgan fingerprint density at radius 1 is 1.24 bits per heavy atom. The van der Waals surface area contributed by atoms with Crippen molar-refractivity contribution in [2.24, 2.45) is 0 Å². The predicted octanol–water partition coefficient (Wildman–Crippen LogP) is 3.68. The third-order valence-electron chi connectivity index (χ3n) is 2.41. The van der Waals surface area contributed by atoms with Crippen molar-refractivity contribution in [3.63, 3.8) is 0 Å². The monoisotopic (exact) mass is 244 g/mol. The van der Waals surface area contributed by atoms with Crippen molar-refractivity contribution in [2.75, 3.05) is 0 Å². The van der Waals surface area contributed by atoms with Crippen molar-refractivity contribution in [1.29, 1.82) is 0 Å². The molecule has 0 atom stereocenters. The van der Waals surface area contributed by atoms with Crippen molar-refractivity contribution in [2.45, 2.75) is 6.92 Å². The Hall–Kier alpha value is -1.87. The molecule has 0 fully saturated rings. The zero-order chi connectivity index (χ0) is 12.3. The quantitative estimate of drug-likeness (QED) is 0.836. The van der Waals surface area contributed by atoms with Crippen molar-refractivity contribution >= 4 is 29.0 Å². The minimum atomic E-state index is -0.895. The molecule has 0 spiro atoms. The van der Waals surface area contributed by atoms with Gasteiger partial charge in [0.2, 0.25) is 0 Å². The van der Waals surface area contributed by atoms with E-state index >= 15 is 0 Å². The van der Waals surface area contributed by atoms with Crippen LogP contribution in [0.4, 0.5) is 0 Å². The molecule has 3 heteroatoms. The molecule has 2 nitrogen and oxygen atoms in total. The number of benzene rings is 1. The summed E-state index contributed by atoms with van der Waals surface area (Å²) < 4.78 is 0. The maximum absolute atomic E-state index is 11.2. The largest absolute Gasteiger partial charge is 0.478 e. The molecule has 0 bridgehead atoms. The van der Waals surface area contributed by atoms with Crippen LogP contribution in [0, 0.1) is 6.92 Å². The number of thiophene rings is 1. The summed E-state index contributed by atoms with van der Waals surface area (Å²) in [7, 11) is 0. The lowest BCUT2D eigenvalue weighted by molar-refractivity contribution is -0.130. The zero-order valence-electron chi connectivity index (χ0n) is 9.38. The molecule has 0 radical (unpaired) electrons. The minimum Gasteiger partial charge on any atom is -0.478 e. The average molecular weight is 244 g/mol. The third-order valence-corrected chi connectivity index (χ3v) is 3.31. The summed E-state index contributed by atoms with van der Waals surface area (Å²) in [4.78, 5) is 12.0. The number of carboxylic acid groups (broad SMARTS) is 1. The Bertz CT molecular complexity index is 536. The Balaban J connectivity index is 2.40. The number of hydrogen-bond acceptors (Lipinski definition) is 2. The van der Waals surface area contributed by atoms with E-state index in [-0.39, 0.29) is 0 Å². The molecule has 0 amide bonds. The summed E-state index contributed by atoms with van der Waals surface area (Å²) in [6, 6.07) is 11.5. The number of aliphatic carboxylic acids is 1. The fourth-order valence-corrected chi connectivity index (χ4v) is 2.23. The molecule has 0 aliphatic rings. The van der Waals surface area contributed by atoms with Crippen LogP contribution in [0.1, 0.15) is 16.0 Å². The summed E-state index contributed by atoms with van der Waals surface area (Å²) >= 11 is 1.43. The molecular formula is C14H12O2S. The number of carboxylic acids is 1. The van der Waals surface area contributed by atoms with Gasteiger partial charge < -0.3 is 5.11 Å². The van der Waals surface area contributed by atoms with Gasteiger partial charge in [0.05, 0.1) is 5.57 Å². The minimum absolute atomic E-state index is 0.337. The van der Waals surface area contributed by atoms with Gasteiger partial charge in [-0.1, -0.05) is 35.9 Å². The number of carbonyl (C=O) groups is 1. The molecule has 0 saturated heterocycles. The summed E-state index contributed by atoms with van der Waals surface area (Å²) in [5.41, 5.74) is 2.40. The molecule has 1 N–H and O–H groups in total. The Morgan fingerprint density at radius 3 is 2.47 bits per heavy atom. The summed E-state index contributed by atoms with van der Waals surface area (Å²) in [6.45, 7) is 2.00. The first-order valence-electron chi connectivity index (χ1n) is 5.22. The summed E-state index contributed by atoms with van der Waals surface area (Å²) in [6.07, 6.45) is 1.70. The molecule has 1 aromatic heterocycles. The van der Waals surface area contributed by atoms with Gasteiger partial charge in [0.25, 0.3) is 0 Å². The topological polar surface area (TPSA) is 37.3 Å². The van der Waals surface area contributed by atoms with Crippen LogP contribution in [0.3, 0.4) is 0 Å². The Labute approximate surface area is 104 Å². The highest BCUT2D eigenvalue weighted by atomic mass is 32.1. The Kier molecular flexibility index (Phi) is 3.40. The smallest absolute Gasteiger partial charge is 0.337 e. The van der Waals surface area contributed by atoms with Crippen LogP contribution in [0.5, 0.6) is 0 Å². The van der Waals surface area contributed by atoms with Gasteiger partial charge in [-0.15, -0.1) is 11.3 Å². The van der Waals surface area contributed by atoms with E-state index in [0.29, 0.717) is 5.57 Å². The normalized spacial score (nSPS) is 11.5. The summed E-state index contributed by atoms with van der Waals surface area (Å²) in [5.74, 6) is -0.895. The molecule has 86 valence electrons. The first kappa shape index (κ1) is 11.6. The van der Waals surface area contributed by atoms with Gasteiger partial charge in [0, 0.05) is 4.88 Å². The molecule has 0 aliphatic carbocycles. The number of aryl methyl sites for hydroxylation is 1. The van der Waals surface area contributed by atoms with Gasteiger partial charge >= 0.3 is 5.97 Å². The highest BCUT2D eigenvalue weighted by Crippen LogP contribution is 2.23. The molecule has 0 saturated carbocycles. The Morgan fingerprint density at radius 2 is 1.94 bits per heavy atom. The predicted molar refractivity (Wildman–Crippen MR) is 71.0 cm³/mol. The fraction of sp³-hybridized carbons (Fsp3) is 0.0714. The van der Waals surface area contributed by atoms with E-state index < -0.39 is 5.97 Å². The van der Waals surface area contributed by atoms with Gasteiger partial charge in [-0.05, 0) is 30.0 Å². The zero-order valence-corrected chi connectivity index (χ0v) is 10.2. The van der Waals surface area contributed by atoms with Crippen LogP contribution < -0.4 is 0 Å². The second-order valence-electron chi connectivity index (χ2n) is 3.75. The number of hydrogen-bond donors (Lipinski definition) is 1. The standard InChI is InChI=1S/C14H12O2S/c1-10-4-6-11(7-5-10)9-12(14(15)16)13-3-2-8-17-13/h2-9H,1H3,(H,15,16)/b12-9-. The van der Waals surface area contributed by atoms with Gasteiger partial charge in [0.15, 0.2) is 0 Å². The van der Waals surface area contributed by atoms with Crippen LogP contribution in [0.25, 0.3) is 11.6 Å². The summed E-state index contributed by atoms with van der Waals surface area (Å²) in [5, 5.41) is 11.1. The fourth-order valence-electron chi connectivity index (χ4n) is 1.50.